The normalized spacial score (nSPS) is 19.0. The van der Waals surface area contributed by atoms with Crippen LogP contribution in [0, 0.1) is 0 Å². The Balaban J connectivity index is 1.85. The van der Waals surface area contributed by atoms with Crippen LogP contribution in [0.3, 0.4) is 0 Å². The number of carbonyl (C=O) groups excluding carboxylic acids is 2. The summed E-state index contributed by atoms with van der Waals surface area (Å²) in [6.07, 6.45) is 1.09. The van der Waals surface area contributed by atoms with Crippen molar-refractivity contribution in [1.82, 2.24) is 0 Å². The van der Waals surface area contributed by atoms with Crippen LogP contribution >= 0.6 is 0 Å². The van der Waals surface area contributed by atoms with Crippen LogP contribution < -0.4 is 5.32 Å². The van der Waals surface area contributed by atoms with E-state index in [4.69, 9.17) is 9.47 Å². The van der Waals surface area contributed by atoms with Crippen molar-refractivity contribution < 1.29 is 19.1 Å². The summed E-state index contributed by atoms with van der Waals surface area (Å²) < 4.78 is 10.4. The van der Waals surface area contributed by atoms with Gasteiger partial charge in [-0.3, -0.25) is 4.79 Å². The van der Waals surface area contributed by atoms with E-state index >= 15 is 0 Å². The fraction of sp³-hybridized carbons (Fsp3) is 0.500. The van der Waals surface area contributed by atoms with Crippen LogP contribution in [-0.4, -0.2) is 30.7 Å². The first-order valence-corrected chi connectivity index (χ1v) is 7.32. The van der Waals surface area contributed by atoms with Crippen LogP contribution in [0.2, 0.25) is 0 Å². The smallest absolute Gasteiger partial charge is 0.336 e. The molecule has 1 amide bonds. The average molecular weight is 291 g/mol. The highest BCUT2D eigenvalue weighted by Crippen LogP contribution is 2.15. The van der Waals surface area contributed by atoms with Crippen molar-refractivity contribution in [1.29, 1.82) is 0 Å². The third-order valence-corrected chi connectivity index (χ3v) is 3.48. The van der Waals surface area contributed by atoms with Crippen LogP contribution in [0.1, 0.15) is 32.3 Å². The molecule has 5 nitrogen and oxygen atoms in total. The molecule has 21 heavy (non-hydrogen) atoms. The molecule has 1 heterocycles. The van der Waals surface area contributed by atoms with Gasteiger partial charge in [0.05, 0.1) is 0 Å². The third kappa shape index (κ3) is 4.29. The minimum Gasteiger partial charge on any atom is -0.451 e. The number of aryl methyl sites for hydroxylation is 1. The Morgan fingerprint density at radius 2 is 2.10 bits per heavy atom. The number of anilines is 1. The van der Waals surface area contributed by atoms with Crippen LogP contribution in [0.25, 0.3) is 0 Å². The predicted octanol–water partition coefficient (Wildman–Crippen LogP) is 2.30. The summed E-state index contributed by atoms with van der Waals surface area (Å²) in [4.78, 5) is 23.8. The van der Waals surface area contributed by atoms with E-state index in [9.17, 15) is 9.59 Å². The van der Waals surface area contributed by atoms with Crippen molar-refractivity contribution in [2.75, 3.05) is 11.9 Å². The van der Waals surface area contributed by atoms with Crippen molar-refractivity contribution in [3.63, 3.8) is 0 Å². The van der Waals surface area contributed by atoms with E-state index in [1.54, 1.807) is 6.92 Å². The Morgan fingerprint density at radius 1 is 1.38 bits per heavy atom. The Hall–Kier alpha value is -1.88. The van der Waals surface area contributed by atoms with Crippen molar-refractivity contribution in [2.24, 2.45) is 0 Å². The molecule has 2 atom stereocenters. The summed E-state index contributed by atoms with van der Waals surface area (Å²) in [5.41, 5.74) is 1.89. The number of esters is 1. The van der Waals surface area contributed by atoms with Crippen LogP contribution in [0.15, 0.2) is 24.3 Å². The number of ether oxygens (including phenoxy) is 2. The molecule has 0 spiro atoms. The molecule has 1 aliphatic heterocycles. The molecule has 0 aliphatic carbocycles. The molecule has 0 radical (unpaired) electrons. The molecule has 1 fully saturated rings. The zero-order valence-electron chi connectivity index (χ0n) is 12.4. The first kappa shape index (κ1) is 15.5. The maximum Gasteiger partial charge on any atom is 0.336 e. The monoisotopic (exact) mass is 291 g/mol. The second-order valence-electron chi connectivity index (χ2n) is 5.12. The highest BCUT2D eigenvalue weighted by molar-refractivity contribution is 5.95. The largest absolute Gasteiger partial charge is 0.451 e. The topological polar surface area (TPSA) is 64.6 Å². The molecule has 0 bridgehead atoms. The quantitative estimate of drug-likeness (QED) is 0.845. The minimum absolute atomic E-state index is 0.342. The third-order valence-electron chi connectivity index (χ3n) is 3.48. The molecule has 1 aromatic rings. The Labute approximate surface area is 124 Å². The highest BCUT2D eigenvalue weighted by atomic mass is 16.6. The van der Waals surface area contributed by atoms with E-state index in [1.165, 1.54) is 5.56 Å². The Bertz CT molecular complexity index is 492. The summed E-state index contributed by atoms with van der Waals surface area (Å²) in [5, 5.41) is 2.73. The average Bonchev–Trinajstić information content (AvgIpc) is 3.02. The van der Waals surface area contributed by atoms with Gasteiger partial charge < -0.3 is 14.8 Å². The molecular formula is C16H21NO4. The number of benzene rings is 1. The van der Waals surface area contributed by atoms with Crippen LogP contribution in [-0.2, 0) is 25.5 Å². The molecule has 1 saturated heterocycles. The maximum atomic E-state index is 12.0. The Morgan fingerprint density at radius 3 is 2.67 bits per heavy atom. The lowest BCUT2D eigenvalue weighted by Gasteiger charge is -2.16. The number of amides is 1. The van der Waals surface area contributed by atoms with Crippen molar-refractivity contribution in [2.45, 2.75) is 45.3 Å². The SMILES string of the molecule is CCc1ccc(NC(=O)[C@H](C)OC(=O)[C@H]2CCCO2)cc1. The van der Waals surface area contributed by atoms with E-state index in [0.29, 0.717) is 18.7 Å². The number of hydrogen-bond acceptors (Lipinski definition) is 4. The molecular weight excluding hydrogens is 270 g/mol. The highest BCUT2D eigenvalue weighted by Gasteiger charge is 2.28. The van der Waals surface area contributed by atoms with E-state index in [2.05, 4.69) is 12.2 Å². The van der Waals surface area contributed by atoms with Gasteiger partial charge in [-0.1, -0.05) is 19.1 Å². The summed E-state index contributed by atoms with van der Waals surface area (Å²) in [6.45, 7) is 4.20. The van der Waals surface area contributed by atoms with Gasteiger partial charge in [0.25, 0.3) is 5.91 Å². The van der Waals surface area contributed by atoms with Gasteiger partial charge in [-0.05, 0) is 43.9 Å². The first-order chi connectivity index (χ1) is 10.1. The summed E-state index contributed by atoms with van der Waals surface area (Å²) in [6, 6.07) is 7.59. The predicted molar refractivity (Wildman–Crippen MR) is 79.0 cm³/mol. The van der Waals surface area contributed by atoms with Crippen molar-refractivity contribution in [3.05, 3.63) is 29.8 Å². The maximum absolute atomic E-state index is 12.0. The van der Waals surface area contributed by atoms with Gasteiger partial charge in [-0.15, -0.1) is 0 Å². The fourth-order valence-electron chi connectivity index (χ4n) is 2.13. The molecule has 0 aromatic heterocycles. The molecule has 0 saturated carbocycles. The van der Waals surface area contributed by atoms with Crippen LogP contribution in [0.4, 0.5) is 5.69 Å². The Kier molecular flexibility index (Phi) is 5.33. The molecule has 1 N–H and O–H groups in total. The van der Waals surface area contributed by atoms with Gasteiger partial charge in [0.1, 0.15) is 0 Å². The number of hydrogen-bond donors (Lipinski definition) is 1. The minimum atomic E-state index is -0.840. The van der Waals surface area contributed by atoms with Gasteiger partial charge in [0.2, 0.25) is 0 Å². The molecule has 114 valence electrons. The number of nitrogens with one attached hydrogen (secondary N) is 1. The van der Waals surface area contributed by atoms with Crippen molar-refractivity contribution >= 4 is 17.6 Å². The summed E-state index contributed by atoms with van der Waals surface area (Å²) in [7, 11) is 0. The summed E-state index contributed by atoms with van der Waals surface area (Å²) >= 11 is 0. The van der Waals surface area contributed by atoms with Gasteiger partial charge in [0, 0.05) is 12.3 Å². The lowest BCUT2D eigenvalue weighted by atomic mass is 10.1. The van der Waals surface area contributed by atoms with E-state index in [0.717, 1.165) is 12.8 Å². The molecule has 1 aromatic carbocycles. The van der Waals surface area contributed by atoms with E-state index in [-0.39, 0.29) is 5.91 Å². The zero-order chi connectivity index (χ0) is 15.2. The van der Waals surface area contributed by atoms with Crippen LogP contribution in [0.5, 0.6) is 0 Å². The molecule has 5 heteroatoms. The second kappa shape index (κ2) is 7.22. The summed E-state index contributed by atoms with van der Waals surface area (Å²) in [5.74, 6) is -0.804. The van der Waals surface area contributed by atoms with Gasteiger partial charge in [0.15, 0.2) is 12.2 Å². The molecule has 2 rings (SSSR count). The van der Waals surface area contributed by atoms with E-state index in [1.807, 2.05) is 24.3 Å². The fourth-order valence-corrected chi connectivity index (χ4v) is 2.13. The molecule has 0 unspecified atom stereocenters. The lowest BCUT2D eigenvalue weighted by Crippen LogP contribution is -2.33. The zero-order valence-corrected chi connectivity index (χ0v) is 12.4. The standard InChI is InChI=1S/C16H21NO4/c1-3-12-6-8-13(9-7-12)17-15(18)11(2)21-16(19)14-5-4-10-20-14/h6-9,11,14H,3-5,10H2,1-2H3,(H,17,18)/t11-,14+/m0/s1. The number of rotatable bonds is 5. The second-order valence-corrected chi connectivity index (χ2v) is 5.12. The molecule has 1 aliphatic rings. The van der Waals surface area contributed by atoms with E-state index < -0.39 is 18.2 Å². The van der Waals surface area contributed by atoms with Gasteiger partial charge in [-0.2, -0.15) is 0 Å². The van der Waals surface area contributed by atoms with Crippen molar-refractivity contribution in [3.8, 4) is 0 Å². The van der Waals surface area contributed by atoms with Gasteiger partial charge in [-0.25, -0.2) is 4.79 Å². The lowest BCUT2D eigenvalue weighted by molar-refractivity contribution is -0.162. The first-order valence-electron chi connectivity index (χ1n) is 7.32. The van der Waals surface area contributed by atoms with Gasteiger partial charge >= 0.3 is 5.97 Å². The number of carbonyl (C=O) groups is 2.